The molecule has 1 fully saturated rings. The molecule has 1 saturated heterocycles. The molecule has 1 atom stereocenters. The Morgan fingerprint density at radius 1 is 1.25 bits per heavy atom. The second-order valence-electron chi connectivity index (χ2n) is 7.25. The Bertz CT molecular complexity index is 793. The molecule has 0 spiro atoms. The highest BCUT2D eigenvalue weighted by Crippen LogP contribution is 2.42. The third-order valence-electron chi connectivity index (χ3n) is 4.96. The summed E-state index contributed by atoms with van der Waals surface area (Å²) in [5, 5.41) is 0. The summed E-state index contributed by atoms with van der Waals surface area (Å²) in [6, 6.07) is 13.6. The lowest BCUT2D eigenvalue weighted by molar-refractivity contribution is 0.0777. The van der Waals surface area contributed by atoms with Crippen molar-refractivity contribution in [3.05, 3.63) is 69.6 Å². The van der Waals surface area contributed by atoms with Gasteiger partial charge in [-0.1, -0.05) is 51.1 Å². The standard InChI is InChI=1S/C20H24N2O2/c1-4-16-10-15(11-18(23)21-16)19(24)22-12-17(20(2,3)13-22)14-8-6-5-7-9-14/h5-11,17H,4,12-13H2,1-3H3,(H,21,23)/t17-/m0/s1. The molecule has 1 aromatic carbocycles. The lowest BCUT2D eigenvalue weighted by Gasteiger charge is -2.25. The summed E-state index contributed by atoms with van der Waals surface area (Å²) in [6.07, 6.45) is 0.703. The summed E-state index contributed by atoms with van der Waals surface area (Å²) < 4.78 is 0. The summed E-state index contributed by atoms with van der Waals surface area (Å²) >= 11 is 0. The second kappa shape index (κ2) is 6.27. The predicted molar refractivity (Wildman–Crippen MR) is 95.3 cm³/mol. The van der Waals surface area contributed by atoms with Gasteiger partial charge in [-0.2, -0.15) is 0 Å². The van der Waals surface area contributed by atoms with Crippen molar-refractivity contribution >= 4 is 5.91 Å². The van der Waals surface area contributed by atoms with E-state index in [0.29, 0.717) is 31.0 Å². The maximum Gasteiger partial charge on any atom is 0.254 e. The summed E-state index contributed by atoms with van der Waals surface area (Å²) in [5.74, 6) is 0.248. The smallest absolute Gasteiger partial charge is 0.254 e. The van der Waals surface area contributed by atoms with Crippen molar-refractivity contribution in [2.24, 2.45) is 5.41 Å². The van der Waals surface area contributed by atoms with Gasteiger partial charge in [-0.3, -0.25) is 9.59 Å². The molecule has 1 aromatic heterocycles. The maximum atomic E-state index is 12.9. The molecule has 0 saturated carbocycles. The van der Waals surface area contributed by atoms with Crippen LogP contribution >= 0.6 is 0 Å². The van der Waals surface area contributed by atoms with Crippen molar-refractivity contribution in [1.29, 1.82) is 0 Å². The third kappa shape index (κ3) is 3.14. The summed E-state index contributed by atoms with van der Waals surface area (Å²) in [4.78, 5) is 29.3. The fraction of sp³-hybridized carbons (Fsp3) is 0.400. The van der Waals surface area contributed by atoms with Crippen LogP contribution in [-0.2, 0) is 6.42 Å². The third-order valence-corrected chi connectivity index (χ3v) is 4.96. The first-order chi connectivity index (χ1) is 11.4. The minimum atomic E-state index is -0.212. The zero-order valence-corrected chi connectivity index (χ0v) is 14.5. The van der Waals surface area contributed by atoms with Crippen LogP contribution in [0.2, 0.25) is 0 Å². The fourth-order valence-corrected chi connectivity index (χ4v) is 3.63. The van der Waals surface area contributed by atoms with Gasteiger partial charge in [-0.25, -0.2) is 0 Å². The summed E-state index contributed by atoms with van der Waals surface area (Å²) in [7, 11) is 0. The van der Waals surface area contributed by atoms with Crippen molar-refractivity contribution in [3.63, 3.8) is 0 Å². The van der Waals surface area contributed by atoms with E-state index in [-0.39, 0.29) is 16.9 Å². The van der Waals surface area contributed by atoms with E-state index in [2.05, 4.69) is 31.0 Å². The van der Waals surface area contributed by atoms with Gasteiger partial charge in [-0.05, 0) is 23.5 Å². The highest BCUT2D eigenvalue weighted by atomic mass is 16.2. The maximum absolute atomic E-state index is 12.9. The molecule has 2 aromatic rings. The van der Waals surface area contributed by atoms with Crippen LogP contribution in [0.25, 0.3) is 0 Å². The SMILES string of the molecule is CCc1cc(C(=O)N2C[C@@H](c3ccccc3)C(C)(C)C2)cc(=O)[nH]1. The average Bonchev–Trinajstić information content (AvgIpc) is 2.89. The number of H-pyrrole nitrogens is 1. The van der Waals surface area contributed by atoms with Crippen molar-refractivity contribution in [2.45, 2.75) is 33.1 Å². The van der Waals surface area contributed by atoms with Crippen molar-refractivity contribution in [2.75, 3.05) is 13.1 Å². The lowest BCUT2D eigenvalue weighted by Crippen LogP contribution is -2.31. The molecule has 4 nitrogen and oxygen atoms in total. The van der Waals surface area contributed by atoms with Crippen LogP contribution in [0.15, 0.2) is 47.3 Å². The molecule has 0 radical (unpaired) electrons. The Hall–Kier alpha value is -2.36. The van der Waals surface area contributed by atoms with E-state index in [0.717, 1.165) is 5.69 Å². The van der Waals surface area contributed by atoms with Gasteiger partial charge in [-0.15, -0.1) is 0 Å². The van der Waals surface area contributed by atoms with Crippen molar-refractivity contribution in [1.82, 2.24) is 9.88 Å². The predicted octanol–water partition coefficient (Wildman–Crippen LogP) is 3.20. The normalized spacial score (nSPS) is 19.5. The number of nitrogens with one attached hydrogen (secondary N) is 1. The quantitative estimate of drug-likeness (QED) is 0.942. The topological polar surface area (TPSA) is 53.2 Å². The van der Waals surface area contributed by atoms with E-state index < -0.39 is 0 Å². The minimum absolute atomic E-state index is 0.00575. The average molecular weight is 324 g/mol. The van der Waals surface area contributed by atoms with Gasteiger partial charge in [0.05, 0.1) is 0 Å². The number of likely N-dealkylation sites (tertiary alicyclic amines) is 1. The second-order valence-corrected chi connectivity index (χ2v) is 7.25. The molecule has 0 unspecified atom stereocenters. The number of amides is 1. The Labute approximate surface area is 142 Å². The number of aryl methyl sites for hydroxylation is 1. The van der Waals surface area contributed by atoms with E-state index in [1.807, 2.05) is 30.0 Å². The lowest BCUT2D eigenvalue weighted by atomic mass is 9.78. The highest BCUT2D eigenvalue weighted by molar-refractivity contribution is 5.94. The molecule has 1 N–H and O–H groups in total. The Morgan fingerprint density at radius 3 is 2.62 bits per heavy atom. The van der Waals surface area contributed by atoms with E-state index in [1.165, 1.54) is 11.6 Å². The first kappa shape index (κ1) is 16.5. The van der Waals surface area contributed by atoms with E-state index in [1.54, 1.807) is 6.07 Å². The largest absolute Gasteiger partial charge is 0.337 e. The van der Waals surface area contributed by atoms with Gasteiger partial charge in [0.1, 0.15) is 0 Å². The van der Waals surface area contributed by atoms with Gasteiger partial charge in [0, 0.05) is 36.3 Å². The number of hydrogen-bond donors (Lipinski definition) is 1. The molecule has 2 heterocycles. The van der Waals surface area contributed by atoms with Gasteiger partial charge in [0.2, 0.25) is 5.56 Å². The van der Waals surface area contributed by atoms with Crippen LogP contribution in [-0.4, -0.2) is 28.9 Å². The number of carbonyl (C=O) groups excluding carboxylic acids is 1. The number of benzene rings is 1. The molecule has 1 aliphatic rings. The molecule has 0 aliphatic carbocycles. The molecule has 1 amide bonds. The van der Waals surface area contributed by atoms with Crippen LogP contribution in [0.4, 0.5) is 0 Å². The van der Waals surface area contributed by atoms with Crippen molar-refractivity contribution < 1.29 is 4.79 Å². The highest BCUT2D eigenvalue weighted by Gasteiger charge is 2.42. The van der Waals surface area contributed by atoms with Crippen molar-refractivity contribution in [3.8, 4) is 0 Å². The molecule has 24 heavy (non-hydrogen) atoms. The molecular weight excluding hydrogens is 300 g/mol. The summed E-state index contributed by atoms with van der Waals surface area (Å²) in [6.45, 7) is 7.74. The first-order valence-electron chi connectivity index (χ1n) is 8.48. The minimum Gasteiger partial charge on any atom is -0.337 e. The van der Waals surface area contributed by atoms with Crippen LogP contribution in [0.5, 0.6) is 0 Å². The molecule has 1 aliphatic heterocycles. The number of pyridine rings is 1. The van der Waals surface area contributed by atoms with Crippen LogP contribution in [0, 0.1) is 5.41 Å². The number of nitrogens with zero attached hydrogens (tertiary/aromatic N) is 1. The van der Waals surface area contributed by atoms with Gasteiger partial charge in [0.15, 0.2) is 0 Å². The van der Waals surface area contributed by atoms with Crippen LogP contribution in [0.1, 0.15) is 48.3 Å². The Balaban J connectivity index is 1.87. The van der Waals surface area contributed by atoms with Gasteiger partial charge >= 0.3 is 0 Å². The number of hydrogen-bond acceptors (Lipinski definition) is 2. The number of carbonyl (C=O) groups is 1. The number of rotatable bonds is 3. The molecular formula is C20H24N2O2. The van der Waals surface area contributed by atoms with E-state index >= 15 is 0 Å². The zero-order chi connectivity index (χ0) is 17.3. The van der Waals surface area contributed by atoms with E-state index in [4.69, 9.17) is 0 Å². The summed E-state index contributed by atoms with van der Waals surface area (Å²) in [5.41, 5.74) is 2.34. The molecule has 0 bridgehead atoms. The van der Waals surface area contributed by atoms with Gasteiger partial charge < -0.3 is 9.88 Å². The monoisotopic (exact) mass is 324 g/mol. The van der Waals surface area contributed by atoms with Gasteiger partial charge in [0.25, 0.3) is 5.91 Å². The molecule has 3 rings (SSSR count). The van der Waals surface area contributed by atoms with Crippen LogP contribution < -0.4 is 5.56 Å². The first-order valence-corrected chi connectivity index (χ1v) is 8.48. The molecule has 126 valence electrons. The fourth-order valence-electron chi connectivity index (χ4n) is 3.63. The zero-order valence-electron chi connectivity index (χ0n) is 14.5. The Kier molecular flexibility index (Phi) is 4.31. The number of aromatic amines is 1. The van der Waals surface area contributed by atoms with E-state index in [9.17, 15) is 9.59 Å². The van der Waals surface area contributed by atoms with Crippen LogP contribution in [0.3, 0.4) is 0 Å². The molecule has 4 heteroatoms. The Morgan fingerprint density at radius 2 is 1.96 bits per heavy atom. The number of aromatic nitrogens is 1.